The van der Waals surface area contributed by atoms with Crippen molar-refractivity contribution in [3.8, 4) is 17.1 Å². The zero-order chi connectivity index (χ0) is 16.9. The van der Waals surface area contributed by atoms with E-state index in [-0.39, 0.29) is 30.4 Å². The van der Waals surface area contributed by atoms with Gasteiger partial charge in [0.15, 0.2) is 5.01 Å². The van der Waals surface area contributed by atoms with Crippen LogP contribution in [0.5, 0.6) is 5.88 Å². The number of halogens is 4. The first-order valence-electron chi connectivity index (χ1n) is 6.55. The summed E-state index contributed by atoms with van der Waals surface area (Å²) in [5.74, 6) is -0.705. The van der Waals surface area contributed by atoms with Crippen LogP contribution in [0.3, 0.4) is 0 Å². The molecule has 0 saturated carbocycles. The van der Waals surface area contributed by atoms with Crippen molar-refractivity contribution in [2.75, 3.05) is 26.3 Å². The van der Waals surface area contributed by atoms with Gasteiger partial charge in [-0.15, -0.1) is 11.3 Å². The summed E-state index contributed by atoms with van der Waals surface area (Å²) in [5, 5.41) is 11.6. The van der Waals surface area contributed by atoms with E-state index in [0.29, 0.717) is 24.4 Å². The van der Waals surface area contributed by atoms with Gasteiger partial charge in [-0.05, 0) is 6.07 Å². The summed E-state index contributed by atoms with van der Waals surface area (Å²) in [6, 6.07) is 1.03. The van der Waals surface area contributed by atoms with Gasteiger partial charge in [0.05, 0.1) is 24.1 Å². The molecule has 0 saturated heterocycles. The smallest absolute Gasteiger partial charge is 0.443 e. The van der Waals surface area contributed by atoms with Crippen LogP contribution in [0.15, 0.2) is 17.6 Å². The monoisotopic (exact) mass is 351 g/mol. The summed E-state index contributed by atoms with van der Waals surface area (Å²) in [4.78, 5) is 7.22. The number of hydrogen-bond donors (Lipinski definition) is 2. The van der Waals surface area contributed by atoms with Crippen molar-refractivity contribution >= 4 is 11.3 Å². The van der Waals surface area contributed by atoms with E-state index in [9.17, 15) is 17.6 Å². The predicted octanol–water partition coefficient (Wildman–Crippen LogP) is 2.32. The number of thiazole rings is 1. The van der Waals surface area contributed by atoms with Gasteiger partial charge in [-0.1, -0.05) is 0 Å². The molecule has 0 amide bonds. The summed E-state index contributed by atoms with van der Waals surface area (Å²) in [6.07, 6.45) is -3.64. The lowest BCUT2D eigenvalue weighted by Gasteiger charge is -2.09. The fourth-order valence-electron chi connectivity index (χ4n) is 1.68. The fraction of sp³-hybridized carbons (Fsp3) is 0.385. The minimum absolute atomic E-state index is 0.00350. The van der Waals surface area contributed by atoms with E-state index in [1.165, 1.54) is 5.38 Å². The molecule has 0 aliphatic heterocycles. The molecule has 0 atom stereocenters. The van der Waals surface area contributed by atoms with Gasteiger partial charge in [0, 0.05) is 18.5 Å². The molecule has 0 bridgehead atoms. The van der Waals surface area contributed by atoms with Crippen LogP contribution < -0.4 is 10.1 Å². The molecule has 2 aromatic heterocycles. The number of rotatable bonds is 7. The molecule has 10 heteroatoms. The van der Waals surface area contributed by atoms with Crippen molar-refractivity contribution in [1.82, 2.24) is 15.3 Å². The molecule has 0 aliphatic rings. The number of nitrogens with zero attached hydrogens (tertiary/aromatic N) is 2. The Morgan fingerprint density at radius 2 is 2.09 bits per heavy atom. The first kappa shape index (κ1) is 17.6. The molecule has 2 aromatic rings. The van der Waals surface area contributed by atoms with E-state index >= 15 is 0 Å². The Morgan fingerprint density at radius 3 is 2.74 bits per heavy atom. The van der Waals surface area contributed by atoms with Crippen LogP contribution >= 0.6 is 11.3 Å². The van der Waals surface area contributed by atoms with Gasteiger partial charge in [-0.25, -0.2) is 14.4 Å². The van der Waals surface area contributed by atoms with Gasteiger partial charge < -0.3 is 15.2 Å². The van der Waals surface area contributed by atoms with Crippen LogP contribution in [-0.2, 0) is 6.18 Å². The zero-order valence-electron chi connectivity index (χ0n) is 11.7. The zero-order valence-corrected chi connectivity index (χ0v) is 12.5. The third-order valence-electron chi connectivity index (χ3n) is 2.65. The minimum atomic E-state index is -4.56. The number of aliphatic hydroxyl groups excluding tert-OH is 1. The molecule has 0 radical (unpaired) electrons. The second-order valence-electron chi connectivity index (χ2n) is 4.36. The van der Waals surface area contributed by atoms with Crippen molar-refractivity contribution in [3.05, 3.63) is 28.5 Å². The second-order valence-corrected chi connectivity index (χ2v) is 5.22. The summed E-state index contributed by atoms with van der Waals surface area (Å²) >= 11 is 0.419. The lowest BCUT2D eigenvalue weighted by atomic mass is 10.2. The maximum atomic E-state index is 13.4. The Hall–Kier alpha value is -1.78. The van der Waals surface area contributed by atoms with Crippen LogP contribution in [0.1, 0.15) is 5.01 Å². The van der Waals surface area contributed by atoms with E-state index in [1.807, 2.05) is 0 Å². The number of aliphatic hydroxyl groups is 1. The lowest BCUT2D eigenvalue weighted by molar-refractivity contribution is -0.137. The summed E-state index contributed by atoms with van der Waals surface area (Å²) in [6.45, 7) is 0.902. The lowest BCUT2D eigenvalue weighted by Crippen LogP contribution is -2.24. The number of aromatic nitrogens is 2. The molecule has 0 fully saturated rings. The molecule has 2 rings (SSSR count). The minimum Gasteiger partial charge on any atom is -0.476 e. The Bertz CT molecular complexity index is 648. The van der Waals surface area contributed by atoms with Gasteiger partial charge in [-0.3, -0.25) is 0 Å². The Balaban J connectivity index is 2.17. The largest absolute Gasteiger partial charge is 0.476 e. The number of alkyl halides is 3. The van der Waals surface area contributed by atoms with Crippen LogP contribution in [0, 0.1) is 5.82 Å². The van der Waals surface area contributed by atoms with E-state index in [1.54, 1.807) is 0 Å². The van der Waals surface area contributed by atoms with E-state index < -0.39 is 17.0 Å². The van der Waals surface area contributed by atoms with Crippen LogP contribution in [0.4, 0.5) is 17.6 Å². The van der Waals surface area contributed by atoms with Crippen molar-refractivity contribution in [3.63, 3.8) is 0 Å². The van der Waals surface area contributed by atoms with E-state index in [4.69, 9.17) is 9.84 Å². The van der Waals surface area contributed by atoms with Gasteiger partial charge in [0.1, 0.15) is 12.4 Å². The Kier molecular flexibility index (Phi) is 5.85. The van der Waals surface area contributed by atoms with Crippen LogP contribution in [0.25, 0.3) is 11.3 Å². The van der Waals surface area contributed by atoms with Gasteiger partial charge >= 0.3 is 6.18 Å². The SMILES string of the molecule is OCCNCCOc1ncc(F)cc1-c1csc(C(F)(F)F)n1. The van der Waals surface area contributed by atoms with Gasteiger partial charge in [0.2, 0.25) is 5.88 Å². The highest BCUT2D eigenvalue weighted by Crippen LogP contribution is 2.36. The highest BCUT2D eigenvalue weighted by Gasteiger charge is 2.35. The molecule has 0 aliphatic carbocycles. The average molecular weight is 351 g/mol. The molecule has 23 heavy (non-hydrogen) atoms. The summed E-state index contributed by atoms with van der Waals surface area (Å²) in [7, 11) is 0. The average Bonchev–Trinajstić information content (AvgIpc) is 2.98. The second kappa shape index (κ2) is 7.66. The number of pyridine rings is 1. The molecule has 126 valence electrons. The van der Waals surface area contributed by atoms with E-state index in [2.05, 4.69) is 15.3 Å². The molecular weight excluding hydrogens is 338 g/mol. The highest BCUT2D eigenvalue weighted by molar-refractivity contribution is 7.10. The molecule has 0 aromatic carbocycles. The normalized spacial score (nSPS) is 11.7. The molecular formula is C13H13F4N3O2S. The molecule has 2 N–H and O–H groups in total. The number of hydrogen-bond acceptors (Lipinski definition) is 6. The van der Waals surface area contributed by atoms with Crippen molar-refractivity contribution in [2.45, 2.75) is 6.18 Å². The first-order chi connectivity index (χ1) is 10.9. The maximum Gasteiger partial charge on any atom is 0.443 e. The van der Waals surface area contributed by atoms with Gasteiger partial charge in [-0.2, -0.15) is 13.2 Å². The first-order valence-corrected chi connectivity index (χ1v) is 7.43. The Morgan fingerprint density at radius 1 is 1.30 bits per heavy atom. The van der Waals surface area contributed by atoms with Gasteiger partial charge in [0.25, 0.3) is 0 Å². The standard InChI is InChI=1S/C13H13F4N3O2S/c14-8-5-9(10-7-23-12(20-10)13(15,16)17)11(19-6-8)22-4-2-18-1-3-21/h5-7,18,21H,1-4H2. The summed E-state index contributed by atoms with van der Waals surface area (Å²) < 4.78 is 56.6. The van der Waals surface area contributed by atoms with E-state index in [0.717, 1.165) is 12.3 Å². The molecule has 2 heterocycles. The third-order valence-corrected chi connectivity index (χ3v) is 3.53. The predicted molar refractivity (Wildman–Crippen MR) is 75.8 cm³/mol. The molecule has 0 spiro atoms. The molecule has 0 unspecified atom stereocenters. The number of ether oxygens (including phenoxy) is 1. The Labute approximate surface area is 133 Å². The fourth-order valence-corrected chi connectivity index (χ4v) is 2.36. The van der Waals surface area contributed by atoms with Crippen molar-refractivity contribution in [2.24, 2.45) is 0 Å². The topological polar surface area (TPSA) is 67.3 Å². The quantitative estimate of drug-likeness (QED) is 0.592. The third kappa shape index (κ3) is 4.85. The summed E-state index contributed by atoms with van der Waals surface area (Å²) in [5.41, 5.74) is 0.00607. The molecule has 5 nitrogen and oxygen atoms in total. The van der Waals surface area contributed by atoms with Crippen molar-refractivity contribution < 1.29 is 27.4 Å². The van der Waals surface area contributed by atoms with Crippen molar-refractivity contribution in [1.29, 1.82) is 0 Å². The highest BCUT2D eigenvalue weighted by atomic mass is 32.1. The maximum absolute atomic E-state index is 13.4. The van der Waals surface area contributed by atoms with Crippen LogP contribution in [0.2, 0.25) is 0 Å². The number of nitrogens with one attached hydrogen (secondary N) is 1. The van der Waals surface area contributed by atoms with Crippen LogP contribution in [-0.4, -0.2) is 41.4 Å².